The Hall–Kier alpha value is -2.86. The number of H-pyrrole nitrogens is 1. The summed E-state index contributed by atoms with van der Waals surface area (Å²) in [7, 11) is 1.32. The van der Waals surface area contributed by atoms with E-state index in [0.29, 0.717) is 11.4 Å². The van der Waals surface area contributed by atoms with Crippen LogP contribution in [0.1, 0.15) is 30.3 Å². The molecule has 0 fully saturated rings. The Bertz CT molecular complexity index is 904. The average Bonchev–Trinajstić information content (AvgIpc) is 3.09. The first kappa shape index (κ1) is 18.9. The molecule has 2 aromatic carbocycles. The van der Waals surface area contributed by atoms with Gasteiger partial charge in [-0.1, -0.05) is 35.9 Å². The van der Waals surface area contributed by atoms with Gasteiger partial charge in [-0.25, -0.2) is 4.98 Å². The first-order valence-electron chi connectivity index (χ1n) is 8.60. The van der Waals surface area contributed by atoms with Gasteiger partial charge in [-0.15, -0.1) is 0 Å². The maximum atomic E-state index is 12.4. The van der Waals surface area contributed by atoms with Crippen molar-refractivity contribution in [3.8, 4) is 0 Å². The summed E-state index contributed by atoms with van der Waals surface area (Å²) in [6.45, 7) is 0. The zero-order valence-corrected chi connectivity index (χ0v) is 15.6. The number of fused-ring (bicyclic) bond motifs is 1. The molecule has 1 aromatic heterocycles. The van der Waals surface area contributed by atoms with Crippen molar-refractivity contribution in [1.82, 2.24) is 15.3 Å². The molecule has 0 aliphatic heterocycles. The molecule has 0 bridgehead atoms. The SMILES string of the molecule is COC(=O)CC(NC(=O)CCc1nc2ccccc2[nH]1)c1ccc(Cl)cc1. The van der Waals surface area contributed by atoms with Gasteiger partial charge in [0.2, 0.25) is 5.91 Å². The Labute approximate surface area is 161 Å². The molecule has 3 rings (SSSR count). The zero-order valence-electron chi connectivity index (χ0n) is 14.9. The van der Waals surface area contributed by atoms with Gasteiger partial charge >= 0.3 is 5.97 Å². The standard InChI is InChI=1S/C20H20ClN3O3/c1-27-20(26)12-17(13-6-8-14(21)9-7-13)24-19(25)11-10-18-22-15-4-2-3-5-16(15)23-18/h2-9,17H,10-12H2,1H3,(H,22,23)(H,24,25). The van der Waals surface area contributed by atoms with Gasteiger partial charge in [-0.3, -0.25) is 9.59 Å². The molecule has 0 saturated heterocycles. The van der Waals surface area contributed by atoms with Crippen LogP contribution < -0.4 is 5.32 Å². The predicted octanol–water partition coefficient (Wildman–Crippen LogP) is 3.57. The smallest absolute Gasteiger partial charge is 0.307 e. The summed E-state index contributed by atoms with van der Waals surface area (Å²) in [6.07, 6.45) is 0.783. The maximum absolute atomic E-state index is 12.4. The van der Waals surface area contributed by atoms with Gasteiger partial charge in [0.1, 0.15) is 5.82 Å². The lowest BCUT2D eigenvalue weighted by Gasteiger charge is -2.18. The Morgan fingerprint density at radius 1 is 1.19 bits per heavy atom. The minimum Gasteiger partial charge on any atom is -0.469 e. The molecule has 140 valence electrons. The fourth-order valence-electron chi connectivity index (χ4n) is 2.82. The van der Waals surface area contributed by atoms with Crippen LogP contribution in [0.4, 0.5) is 0 Å². The summed E-state index contributed by atoms with van der Waals surface area (Å²) in [5, 5.41) is 3.49. The van der Waals surface area contributed by atoms with Crippen molar-refractivity contribution in [1.29, 1.82) is 0 Å². The van der Waals surface area contributed by atoms with E-state index in [4.69, 9.17) is 16.3 Å². The second-order valence-electron chi connectivity index (χ2n) is 6.15. The number of nitrogens with one attached hydrogen (secondary N) is 2. The summed E-state index contributed by atoms with van der Waals surface area (Å²) in [5.41, 5.74) is 2.61. The van der Waals surface area contributed by atoms with Crippen molar-refractivity contribution in [2.24, 2.45) is 0 Å². The third-order valence-corrected chi connectivity index (χ3v) is 4.49. The van der Waals surface area contributed by atoms with Gasteiger partial charge in [0.15, 0.2) is 0 Å². The Balaban J connectivity index is 1.64. The minimum absolute atomic E-state index is 0.0501. The highest BCUT2D eigenvalue weighted by Gasteiger charge is 2.19. The first-order valence-corrected chi connectivity index (χ1v) is 8.98. The molecule has 2 N–H and O–H groups in total. The van der Waals surface area contributed by atoms with Gasteiger partial charge in [0, 0.05) is 17.9 Å². The van der Waals surface area contributed by atoms with Crippen molar-refractivity contribution in [3.05, 3.63) is 64.9 Å². The van der Waals surface area contributed by atoms with Crippen LogP contribution in [0.2, 0.25) is 5.02 Å². The molecule has 0 radical (unpaired) electrons. The molecule has 1 amide bonds. The Morgan fingerprint density at radius 2 is 1.93 bits per heavy atom. The molecule has 27 heavy (non-hydrogen) atoms. The Kier molecular flexibility index (Phi) is 6.08. The number of para-hydroxylation sites is 2. The van der Waals surface area contributed by atoms with Crippen LogP contribution in [0.15, 0.2) is 48.5 Å². The van der Waals surface area contributed by atoms with Crippen molar-refractivity contribution in [2.75, 3.05) is 7.11 Å². The molecular formula is C20H20ClN3O3. The van der Waals surface area contributed by atoms with Crippen molar-refractivity contribution >= 4 is 34.5 Å². The molecule has 1 heterocycles. The van der Waals surface area contributed by atoms with E-state index < -0.39 is 12.0 Å². The van der Waals surface area contributed by atoms with E-state index in [1.165, 1.54) is 7.11 Å². The van der Waals surface area contributed by atoms with E-state index in [1.54, 1.807) is 24.3 Å². The van der Waals surface area contributed by atoms with Crippen LogP contribution in [0.3, 0.4) is 0 Å². The number of nitrogens with zero attached hydrogens (tertiary/aromatic N) is 1. The fraction of sp³-hybridized carbons (Fsp3) is 0.250. The third-order valence-electron chi connectivity index (χ3n) is 4.23. The number of rotatable bonds is 7. The molecule has 3 aromatic rings. The molecular weight excluding hydrogens is 366 g/mol. The van der Waals surface area contributed by atoms with E-state index in [-0.39, 0.29) is 18.7 Å². The predicted molar refractivity (Wildman–Crippen MR) is 103 cm³/mol. The number of carbonyl (C=O) groups excluding carboxylic acids is 2. The molecule has 0 aliphatic rings. The number of hydrogen-bond donors (Lipinski definition) is 2. The lowest BCUT2D eigenvalue weighted by molar-refractivity contribution is -0.141. The van der Waals surface area contributed by atoms with Crippen LogP contribution in [0, 0.1) is 0 Å². The van der Waals surface area contributed by atoms with Crippen molar-refractivity contribution < 1.29 is 14.3 Å². The van der Waals surface area contributed by atoms with Crippen LogP contribution in [-0.2, 0) is 20.7 Å². The zero-order chi connectivity index (χ0) is 19.2. The molecule has 0 aliphatic carbocycles. The van der Waals surface area contributed by atoms with Gasteiger partial charge in [-0.05, 0) is 29.8 Å². The van der Waals surface area contributed by atoms with Crippen LogP contribution in [0.25, 0.3) is 11.0 Å². The van der Waals surface area contributed by atoms with E-state index in [9.17, 15) is 9.59 Å². The summed E-state index contributed by atoms with van der Waals surface area (Å²) in [5.74, 6) is 0.189. The molecule has 0 saturated carbocycles. The maximum Gasteiger partial charge on any atom is 0.307 e. The van der Waals surface area contributed by atoms with Crippen LogP contribution in [0.5, 0.6) is 0 Å². The van der Waals surface area contributed by atoms with Crippen LogP contribution >= 0.6 is 11.6 Å². The molecule has 6 nitrogen and oxygen atoms in total. The number of aryl methyl sites for hydroxylation is 1. The molecule has 7 heteroatoms. The number of esters is 1. The number of imidazole rings is 1. The molecule has 0 spiro atoms. The largest absolute Gasteiger partial charge is 0.469 e. The molecule has 1 unspecified atom stereocenters. The summed E-state index contributed by atoms with van der Waals surface area (Å²) in [4.78, 5) is 31.8. The lowest BCUT2D eigenvalue weighted by atomic mass is 10.0. The van der Waals surface area contributed by atoms with Gasteiger partial charge in [0.05, 0.1) is 30.6 Å². The van der Waals surface area contributed by atoms with E-state index in [2.05, 4.69) is 15.3 Å². The number of halogens is 1. The topological polar surface area (TPSA) is 84.1 Å². The monoisotopic (exact) mass is 385 g/mol. The second kappa shape index (κ2) is 8.68. The van der Waals surface area contributed by atoms with Gasteiger partial charge in [-0.2, -0.15) is 0 Å². The minimum atomic E-state index is -0.474. The normalized spacial score (nSPS) is 11.9. The number of benzene rings is 2. The number of carbonyl (C=O) groups is 2. The van der Waals surface area contributed by atoms with Crippen molar-refractivity contribution in [2.45, 2.75) is 25.3 Å². The summed E-state index contributed by atoms with van der Waals surface area (Å²) >= 11 is 5.92. The third kappa shape index (κ3) is 5.08. The van der Waals surface area contributed by atoms with E-state index in [1.807, 2.05) is 24.3 Å². The second-order valence-corrected chi connectivity index (χ2v) is 6.59. The highest BCUT2D eigenvalue weighted by atomic mass is 35.5. The summed E-state index contributed by atoms with van der Waals surface area (Å²) < 4.78 is 4.74. The van der Waals surface area contributed by atoms with E-state index >= 15 is 0 Å². The lowest BCUT2D eigenvalue weighted by Crippen LogP contribution is -2.30. The highest BCUT2D eigenvalue weighted by Crippen LogP contribution is 2.20. The summed E-state index contributed by atoms with van der Waals surface area (Å²) in [6, 6.07) is 14.3. The van der Waals surface area contributed by atoms with Gasteiger partial charge < -0.3 is 15.0 Å². The number of amides is 1. The first-order chi connectivity index (χ1) is 13.0. The number of ether oxygens (including phenoxy) is 1. The number of hydrogen-bond acceptors (Lipinski definition) is 4. The number of aromatic amines is 1. The number of aromatic nitrogens is 2. The average molecular weight is 386 g/mol. The van der Waals surface area contributed by atoms with Gasteiger partial charge in [0.25, 0.3) is 0 Å². The quantitative estimate of drug-likeness (QED) is 0.609. The van der Waals surface area contributed by atoms with Crippen molar-refractivity contribution in [3.63, 3.8) is 0 Å². The Morgan fingerprint density at radius 3 is 2.63 bits per heavy atom. The highest BCUT2D eigenvalue weighted by molar-refractivity contribution is 6.30. The fourth-order valence-corrected chi connectivity index (χ4v) is 2.95. The molecule has 1 atom stereocenters. The van der Waals surface area contributed by atoms with Crippen LogP contribution in [-0.4, -0.2) is 29.0 Å². The van der Waals surface area contributed by atoms with E-state index in [0.717, 1.165) is 22.4 Å². The number of methoxy groups -OCH3 is 1.